The highest BCUT2D eigenvalue weighted by atomic mass is 31.2. The quantitative estimate of drug-likeness (QED) is 0.0194. The highest BCUT2D eigenvalue weighted by Crippen LogP contribution is 2.42. The maximum atomic E-state index is 14.1. The zero-order valence-electron chi connectivity index (χ0n) is 39.1. The number of hydrogen-bond donors (Lipinski definition) is 6. The molecule has 1 aliphatic rings. The Balaban J connectivity index is 2.94. The van der Waals surface area contributed by atoms with Crippen molar-refractivity contribution in [2.45, 2.75) is 282 Å². The van der Waals surface area contributed by atoms with Gasteiger partial charge in [0.1, 0.15) is 18.2 Å². The highest BCUT2D eigenvalue weighted by molar-refractivity contribution is 7.46. The van der Waals surface area contributed by atoms with E-state index in [0.29, 0.717) is 19.3 Å². The Morgan fingerprint density at radius 1 is 0.590 bits per heavy atom. The predicted octanol–water partition coefficient (Wildman–Crippen LogP) is 11.3. The summed E-state index contributed by atoms with van der Waals surface area (Å²) in [7, 11) is -5.22. The van der Waals surface area contributed by atoms with Crippen molar-refractivity contribution < 1.29 is 53.3 Å². The van der Waals surface area contributed by atoms with Gasteiger partial charge in [-0.05, 0) is 19.3 Å². The molecule has 1 aliphatic heterocycles. The van der Waals surface area contributed by atoms with Gasteiger partial charge in [0.25, 0.3) is 0 Å². The molecule has 7 atom stereocenters. The molecule has 6 N–H and O–H groups in total. The van der Waals surface area contributed by atoms with Crippen molar-refractivity contribution >= 4 is 19.7 Å². The SMILES string of the molecule is CCCCCCCCCCCCCCC(CCCCCCCCCCCC)C(=O)O[C@H]1[C@H](OP(=O)(O)O)[C@@H](CO)OC(O)[C@@H]1NC(=O)C[C@H](O)CCCCCCCCCCC. The number of aliphatic hydroxyl groups is 3. The van der Waals surface area contributed by atoms with Gasteiger partial charge in [0.2, 0.25) is 5.91 Å². The smallest absolute Gasteiger partial charge is 0.457 e. The average molecular weight is 892 g/mol. The van der Waals surface area contributed by atoms with Gasteiger partial charge >= 0.3 is 13.8 Å². The van der Waals surface area contributed by atoms with Crippen LogP contribution < -0.4 is 5.32 Å². The molecular formula is C48H94NO11P. The van der Waals surface area contributed by atoms with Gasteiger partial charge in [-0.15, -0.1) is 0 Å². The summed E-state index contributed by atoms with van der Waals surface area (Å²) in [5.74, 6) is -1.75. The lowest BCUT2D eigenvalue weighted by Gasteiger charge is -2.44. The number of rotatable bonds is 42. The first-order valence-corrected chi connectivity index (χ1v) is 26.9. The fourth-order valence-electron chi connectivity index (χ4n) is 8.62. The van der Waals surface area contributed by atoms with Crippen LogP contribution in [0.3, 0.4) is 0 Å². The fourth-order valence-corrected chi connectivity index (χ4v) is 9.19. The Hall–Kier alpha value is -1.11. The summed E-state index contributed by atoms with van der Waals surface area (Å²) in [6.07, 6.45) is 29.8. The van der Waals surface area contributed by atoms with E-state index in [-0.39, 0.29) is 6.42 Å². The lowest BCUT2D eigenvalue weighted by Crippen LogP contribution is -2.66. The number of unbranched alkanes of at least 4 members (excludes halogenated alkanes) is 28. The zero-order valence-corrected chi connectivity index (χ0v) is 40.0. The number of phosphoric ester groups is 1. The summed E-state index contributed by atoms with van der Waals surface area (Å²) in [6, 6.07) is -1.47. The van der Waals surface area contributed by atoms with E-state index in [0.717, 1.165) is 77.0 Å². The number of esters is 1. The molecule has 0 aromatic heterocycles. The Morgan fingerprint density at radius 3 is 1.31 bits per heavy atom. The molecule has 13 heteroatoms. The van der Waals surface area contributed by atoms with Crippen molar-refractivity contribution in [2.24, 2.45) is 5.92 Å². The minimum atomic E-state index is -5.22. The first-order valence-electron chi connectivity index (χ1n) is 25.3. The van der Waals surface area contributed by atoms with E-state index in [2.05, 4.69) is 26.1 Å². The standard InChI is InChI=1S/C48H94NO11P/c1-4-7-10-13-16-19-21-22-25-27-30-33-36-40(35-32-29-26-24-20-17-14-11-8-5-2)47(53)59-46-44(48(54)58-42(39-50)45(46)60-61(55,56)57)49-43(52)38-41(51)37-34-31-28-23-18-15-12-9-6-3/h40-42,44-46,48,50-51,54H,4-39H2,1-3H3,(H,49,52)(H2,55,56,57)/t40?,41-,42-,44-,45-,46-,48?/m1/s1. The number of aliphatic hydroxyl groups excluding tert-OH is 3. The summed E-state index contributed by atoms with van der Waals surface area (Å²) >= 11 is 0. The Kier molecular flexibility index (Phi) is 36.3. The first-order chi connectivity index (χ1) is 29.5. The topological polar surface area (TPSA) is 192 Å². The maximum absolute atomic E-state index is 14.1. The van der Waals surface area contributed by atoms with Crippen molar-refractivity contribution in [1.82, 2.24) is 5.32 Å². The van der Waals surface area contributed by atoms with Crippen LogP contribution in [0.15, 0.2) is 0 Å². The van der Waals surface area contributed by atoms with Gasteiger partial charge in [-0.3, -0.25) is 14.1 Å². The third-order valence-electron chi connectivity index (χ3n) is 12.4. The minimum absolute atomic E-state index is 0.283. The van der Waals surface area contributed by atoms with Crippen LogP contribution in [-0.2, 0) is 28.2 Å². The number of ether oxygens (including phenoxy) is 2. The molecule has 1 amide bonds. The Labute approximate surface area is 372 Å². The number of amides is 1. The lowest BCUT2D eigenvalue weighted by molar-refractivity contribution is -0.257. The number of carbonyl (C=O) groups is 2. The highest BCUT2D eigenvalue weighted by Gasteiger charge is 2.51. The molecule has 12 nitrogen and oxygen atoms in total. The van der Waals surface area contributed by atoms with Crippen LogP contribution in [0.25, 0.3) is 0 Å². The third kappa shape index (κ3) is 30.6. The second-order valence-electron chi connectivity index (χ2n) is 18.1. The van der Waals surface area contributed by atoms with E-state index < -0.39 is 69.0 Å². The first kappa shape index (κ1) is 57.9. The van der Waals surface area contributed by atoms with Crippen LogP contribution in [0.4, 0.5) is 0 Å². The predicted molar refractivity (Wildman–Crippen MR) is 245 cm³/mol. The van der Waals surface area contributed by atoms with Crippen molar-refractivity contribution in [3.63, 3.8) is 0 Å². The van der Waals surface area contributed by atoms with Gasteiger partial charge in [-0.2, -0.15) is 0 Å². The summed E-state index contributed by atoms with van der Waals surface area (Å²) in [5, 5.41) is 34.5. The van der Waals surface area contributed by atoms with E-state index in [1.807, 2.05) is 0 Å². The molecule has 0 saturated carbocycles. The Morgan fingerprint density at radius 2 is 0.951 bits per heavy atom. The monoisotopic (exact) mass is 892 g/mol. The number of phosphoric acid groups is 1. The molecular weight excluding hydrogens is 797 g/mol. The van der Waals surface area contributed by atoms with Crippen molar-refractivity contribution in [3.8, 4) is 0 Å². The average Bonchev–Trinajstić information content (AvgIpc) is 3.22. The van der Waals surface area contributed by atoms with Gasteiger partial charge < -0.3 is 39.9 Å². The second kappa shape index (κ2) is 38.2. The van der Waals surface area contributed by atoms with Crippen LogP contribution in [0, 0.1) is 5.92 Å². The second-order valence-corrected chi connectivity index (χ2v) is 19.3. The summed E-state index contributed by atoms with van der Waals surface area (Å²) in [6.45, 7) is 5.86. The molecule has 1 saturated heterocycles. The molecule has 0 spiro atoms. The molecule has 61 heavy (non-hydrogen) atoms. The maximum Gasteiger partial charge on any atom is 0.470 e. The van der Waals surface area contributed by atoms with E-state index in [1.54, 1.807) is 0 Å². The lowest BCUT2D eigenvalue weighted by atomic mass is 9.92. The van der Waals surface area contributed by atoms with Crippen molar-refractivity contribution in [1.29, 1.82) is 0 Å². The molecule has 362 valence electrons. The van der Waals surface area contributed by atoms with Crippen LogP contribution >= 0.6 is 7.82 Å². The molecule has 1 fully saturated rings. The number of hydrogen-bond acceptors (Lipinski definition) is 9. The number of nitrogens with one attached hydrogen (secondary N) is 1. The van der Waals surface area contributed by atoms with Gasteiger partial charge in [0, 0.05) is 0 Å². The van der Waals surface area contributed by atoms with Crippen LogP contribution in [-0.4, -0.2) is 80.3 Å². The summed E-state index contributed by atoms with van der Waals surface area (Å²) < 4.78 is 28.7. The molecule has 0 bridgehead atoms. The fraction of sp³-hybridized carbons (Fsp3) is 0.958. The largest absolute Gasteiger partial charge is 0.470 e. The molecule has 0 aromatic carbocycles. The Bertz CT molecular complexity index is 1090. The van der Waals surface area contributed by atoms with E-state index in [1.165, 1.54) is 122 Å². The van der Waals surface area contributed by atoms with Crippen LogP contribution in [0.2, 0.25) is 0 Å². The molecule has 2 unspecified atom stereocenters. The summed E-state index contributed by atoms with van der Waals surface area (Å²) in [5.41, 5.74) is 0. The third-order valence-corrected chi connectivity index (χ3v) is 12.9. The molecule has 0 aromatic rings. The molecule has 0 radical (unpaired) electrons. The van der Waals surface area contributed by atoms with Gasteiger partial charge in [0.05, 0.1) is 25.0 Å². The van der Waals surface area contributed by atoms with Crippen LogP contribution in [0.5, 0.6) is 0 Å². The van der Waals surface area contributed by atoms with E-state index in [4.69, 9.17) is 14.0 Å². The molecule has 1 heterocycles. The van der Waals surface area contributed by atoms with Gasteiger partial charge in [-0.1, -0.05) is 220 Å². The van der Waals surface area contributed by atoms with Gasteiger partial charge in [-0.25, -0.2) is 4.57 Å². The minimum Gasteiger partial charge on any atom is -0.457 e. The van der Waals surface area contributed by atoms with E-state index in [9.17, 15) is 39.3 Å². The number of carbonyl (C=O) groups excluding carboxylic acids is 2. The van der Waals surface area contributed by atoms with Crippen molar-refractivity contribution in [2.75, 3.05) is 6.61 Å². The molecule has 1 rings (SSSR count). The van der Waals surface area contributed by atoms with Crippen molar-refractivity contribution in [3.05, 3.63) is 0 Å². The van der Waals surface area contributed by atoms with E-state index >= 15 is 0 Å². The molecule has 0 aliphatic carbocycles. The van der Waals surface area contributed by atoms with Crippen LogP contribution in [0.1, 0.15) is 245 Å². The van der Waals surface area contributed by atoms with Gasteiger partial charge in [0.15, 0.2) is 12.4 Å². The zero-order chi connectivity index (χ0) is 45.0. The summed E-state index contributed by atoms with van der Waals surface area (Å²) in [4.78, 5) is 47.1. The normalized spacial score (nSPS) is 20.4.